The van der Waals surface area contributed by atoms with Crippen molar-refractivity contribution >= 4 is 0 Å². The molecule has 0 aliphatic heterocycles. The molecule has 2 aromatic rings. The second-order valence-corrected chi connectivity index (χ2v) is 3.91. The van der Waals surface area contributed by atoms with Crippen LogP contribution in [0.3, 0.4) is 0 Å². The Labute approximate surface area is 93.4 Å². The number of aromatic amines is 1. The number of aromatic nitrogens is 3. The van der Waals surface area contributed by atoms with Crippen molar-refractivity contribution in [3.05, 3.63) is 45.5 Å². The van der Waals surface area contributed by atoms with E-state index in [9.17, 15) is 4.79 Å². The second kappa shape index (κ2) is 3.89. The van der Waals surface area contributed by atoms with Gasteiger partial charge in [0.25, 0.3) is 5.56 Å². The number of hydrogen-bond donors (Lipinski definition) is 1. The van der Waals surface area contributed by atoms with Crippen LogP contribution in [0.4, 0.5) is 0 Å². The van der Waals surface area contributed by atoms with Gasteiger partial charge in [0.15, 0.2) is 5.82 Å². The first-order valence-corrected chi connectivity index (χ1v) is 5.08. The molecule has 0 amide bonds. The third kappa shape index (κ3) is 2.00. The molecule has 0 aromatic carbocycles. The molecule has 0 spiro atoms. The summed E-state index contributed by atoms with van der Waals surface area (Å²) in [7, 11) is 0. The normalized spacial score (nSPS) is 10.4. The minimum Gasteiger partial charge on any atom is -0.305 e. The molecule has 4 heteroatoms. The number of nitrogens with one attached hydrogen (secondary N) is 1. The Kier molecular flexibility index (Phi) is 2.56. The number of H-pyrrole nitrogens is 1. The van der Waals surface area contributed by atoms with Crippen LogP contribution in [0, 0.1) is 20.8 Å². The Morgan fingerprint density at radius 1 is 1.19 bits per heavy atom. The summed E-state index contributed by atoms with van der Waals surface area (Å²) < 4.78 is 0. The molecule has 0 aliphatic rings. The summed E-state index contributed by atoms with van der Waals surface area (Å²) in [4.78, 5) is 22.6. The highest BCUT2D eigenvalue weighted by atomic mass is 16.1. The standard InChI is InChI=1S/C12H13N3O/c1-7-4-8(2)11(13-6-7)12-14-9(3)5-10(16)15-12/h4-6H,1-3H3,(H,14,15,16). The first-order chi connectivity index (χ1) is 7.56. The predicted molar refractivity (Wildman–Crippen MR) is 62.3 cm³/mol. The molecule has 0 atom stereocenters. The van der Waals surface area contributed by atoms with E-state index in [4.69, 9.17) is 0 Å². The molecule has 2 rings (SSSR count). The van der Waals surface area contributed by atoms with E-state index < -0.39 is 0 Å². The van der Waals surface area contributed by atoms with Crippen LogP contribution < -0.4 is 5.56 Å². The van der Waals surface area contributed by atoms with Crippen molar-refractivity contribution in [2.45, 2.75) is 20.8 Å². The van der Waals surface area contributed by atoms with Gasteiger partial charge in [-0.1, -0.05) is 6.07 Å². The molecule has 0 bridgehead atoms. The molecule has 0 fully saturated rings. The largest absolute Gasteiger partial charge is 0.305 e. The molecule has 1 N–H and O–H groups in total. The van der Waals surface area contributed by atoms with Crippen molar-refractivity contribution in [3.8, 4) is 11.5 Å². The molecule has 0 radical (unpaired) electrons. The zero-order valence-corrected chi connectivity index (χ0v) is 9.53. The molecule has 16 heavy (non-hydrogen) atoms. The number of nitrogens with zero attached hydrogens (tertiary/aromatic N) is 2. The minimum atomic E-state index is -0.149. The Hall–Kier alpha value is -1.97. The molecule has 4 nitrogen and oxygen atoms in total. The van der Waals surface area contributed by atoms with E-state index in [1.807, 2.05) is 19.9 Å². The van der Waals surface area contributed by atoms with Crippen LogP contribution in [0.25, 0.3) is 11.5 Å². The summed E-state index contributed by atoms with van der Waals surface area (Å²) in [6.07, 6.45) is 1.77. The summed E-state index contributed by atoms with van der Waals surface area (Å²) in [5.74, 6) is 0.530. The fraction of sp³-hybridized carbons (Fsp3) is 0.250. The van der Waals surface area contributed by atoms with E-state index in [0.29, 0.717) is 11.5 Å². The van der Waals surface area contributed by atoms with Crippen LogP contribution >= 0.6 is 0 Å². The van der Waals surface area contributed by atoms with Crippen molar-refractivity contribution in [1.82, 2.24) is 15.0 Å². The number of aryl methyl sites for hydroxylation is 3. The molecule has 0 aliphatic carbocycles. The van der Waals surface area contributed by atoms with Crippen LogP contribution in [0.5, 0.6) is 0 Å². The molecule has 0 saturated carbocycles. The maximum atomic E-state index is 11.3. The van der Waals surface area contributed by atoms with Gasteiger partial charge in [0.05, 0.1) is 0 Å². The quantitative estimate of drug-likeness (QED) is 0.788. The smallest absolute Gasteiger partial charge is 0.251 e. The van der Waals surface area contributed by atoms with Crippen LogP contribution in [0.1, 0.15) is 16.8 Å². The zero-order chi connectivity index (χ0) is 11.7. The fourth-order valence-corrected chi connectivity index (χ4v) is 1.65. The highest BCUT2D eigenvalue weighted by Crippen LogP contribution is 2.16. The molecule has 82 valence electrons. The van der Waals surface area contributed by atoms with Gasteiger partial charge in [-0.2, -0.15) is 0 Å². The van der Waals surface area contributed by atoms with Gasteiger partial charge in [-0.05, 0) is 31.9 Å². The Balaban J connectivity index is 2.63. The maximum absolute atomic E-state index is 11.3. The van der Waals surface area contributed by atoms with Gasteiger partial charge in [-0.3, -0.25) is 9.78 Å². The van der Waals surface area contributed by atoms with Gasteiger partial charge in [-0.15, -0.1) is 0 Å². The van der Waals surface area contributed by atoms with E-state index in [0.717, 1.165) is 16.8 Å². The molecule has 0 saturated heterocycles. The Morgan fingerprint density at radius 2 is 1.94 bits per heavy atom. The van der Waals surface area contributed by atoms with Gasteiger partial charge in [0.1, 0.15) is 5.69 Å². The average Bonchev–Trinajstić information content (AvgIpc) is 2.15. The fourth-order valence-electron chi connectivity index (χ4n) is 1.65. The third-order valence-electron chi connectivity index (χ3n) is 2.31. The monoisotopic (exact) mass is 215 g/mol. The number of hydrogen-bond acceptors (Lipinski definition) is 3. The summed E-state index contributed by atoms with van der Waals surface area (Å²) in [6, 6.07) is 3.48. The van der Waals surface area contributed by atoms with Crippen molar-refractivity contribution in [2.24, 2.45) is 0 Å². The van der Waals surface area contributed by atoms with Crippen LogP contribution in [0.15, 0.2) is 23.1 Å². The Bertz CT molecular complexity index is 587. The average molecular weight is 215 g/mol. The lowest BCUT2D eigenvalue weighted by Crippen LogP contribution is -2.09. The topological polar surface area (TPSA) is 58.6 Å². The lowest BCUT2D eigenvalue weighted by molar-refractivity contribution is 1.05. The molecular formula is C12H13N3O. The summed E-state index contributed by atoms with van der Waals surface area (Å²) in [5, 5.41) is 0. The highest BCUT2D eigenvalue weighted by molar-refractivity contribution is 5.54. The summed E-state index contributed by atoms with van der Waals surface area (Å²) in [5.41, 5.74) is 3.38. The van der Waals surface area contributed by atoms with Gasteiger partial charge < -0.3 is 4.98 Å². The number of pyridine rings is 1. The highest BCUT2D eigenvalue weighted by Gasteiger charge is 2.06. The van der Waals surface area contributed by atoms with Crippen LogP contribution in [0.2, 0.25) is 0 Å². The molecular weight excluding hydrogens is 202 g/mol. The zero-order valence-electron chi connectivity index (χ0n) is 9.53. The molecule has 2 aromatic heterocycles. The first kappa shape index (κ1) is 10.5. The summed E-state index contributed by atoms with van der Waals surface area (Å²) >= 11 is 0. The van der Waals surface area contributed by atoms with Crippen LogP contribution in [-0.4, -0.2) is 15.0 Å². The van der Waals surface area contributed by atoms with Crippen molar-refractivity contribution in [1.29, 1.82) is 0 Å². The lowest BCUT2D eigenvalue weighted by Gasteiger charge is -2.05. The van der Waals surface area contributed by atoms with Crippen LogP contribution in [-0.2, 0) is 0 Å². The van der Waals surface area contributed by atoms with E-state index in [1.54, 1.807) is 13.1 Å². The van der Waals surface area contributed by atoms with Gasteiger partial charge in [0.2, 0.25) is 0 Å². The van der Waals surface area contributed by atoms with Gasteiger partial charge >= 0.3 is 0 Å². The van der Waals surface area contributed by atoms with Crippen molar-refractivity contribution in [2.75, 3.05) is 0 Å². The van der Waals surface area contributed by atoms with Gasteiger partial charge in [0, 0.05) is 18.0 Å². The van der Waals surface area contributed by atoms with Crippen molar-refractivity contribution in [3.63, 3.8) is 0 Å². The lowest BCUT2D eigenvalue weighted by atomic mass is 10.1. The predicted octanol–water partition coefficient (Wildman–Crippen LogP) is 1.76. The van der Waals surface area contributed by atoms with E-state index >= 15 is 0 Å². The molecule has 0 unspecified atom stereocenters. The second-order valence-electron chi connectivity index (χ2n) is 3.91. The number of rotatable bonds is 1. The van der Waals surface area contributed by atoms with E-state index in [-0.39, 0.29) is 5.56 Å². The summed E-state index contributed by atoms with van der Waals surface area (Å²) in [6.45, 7) is 5.73. The van der Waals surface area contributed by atoms with E-state index in [1.165, 1.54) is 6.07 Å². The maximum Gasteiger partial charge on any atom is 0.251 e. The van der Waals surface area contributed by atoms with E-state index in [2.05, 4.69) is 15.0 Å². The molecule has 2 heterocycles. The minimum absolute atomic E-state index is 0.149. The van der Waals surface area contributed by atoms with Gasteiger partial charge in [-0.25, -0.2) is 4.98 Å². The first-order valence-electron chi connectivity index (χ1n) is 5.08. The SMILES string of the molecule is Cc1cnc(-c2nc(C)cc(=O)[nH]2)c(C)c1. The third-order valence-corrected chi connectivity index (χ3v) is 2.31. The Morgan fingerprint density at radius 3 is 2.56 bits per heavy atom. The van der Waals surface area contributed by atoms with Crippen molar-refractivity contribution < 1.29 is 0 Å².